The van der Waals surface area contributed by atoms with Crippen LogP contribution in [0.1, 0.15) is 45.5 Å². The first-order valence-electron chi connectivity index (χ1n) is 8.82. The van der Waals surface area contributed by atoms with Gasteiger partial charge in [-0.3, -0.25) is 4.90 Å². The lowest BCUT2D eigenvalue weighted by molar-refractivity contribution is 0.164. The number of nitrogens with zero attached hydrogens (tertiary/aromatic N) is 8. The van der Waals surface area contributed by atoms with Crippen LogP contribution < -0.4 is 0 Å². The van der Waals surface area contributed by atoms with Crippen molar-refractivity contribution in [1.82, 2.24) is 40.1 Å². The average Bonchev–Trinajstić information content (AvgIpc) is 3.22. The molecule has 0 atom stereocenters. The van der Waals surface area contributed by atoms with E-state index in [0.717, 1.165) is 49.3 Å². The molecule has 1 aromatic carbocycles. The summed E-state index contributed by atoms with van der Waals surface area (Å²) in [5.74, 6) is 0.928. The third-order valence-electron chi connectivity index (χ3n) is 4.81. The quantitative estimate of drug-likeness (QED) is 0.726. The SMILES string of the molecule is CC(C)(C)n1nnnc1CN1CCC(n2nnc3ccccc32)CC1. The smallest absolute Gasteiger partial charge is 0.165 e. The maximum atomic E-state index is 4.38. The van der Waals surface area contributed by atoms with Gasteiger partial charge in [-0.2, -0.15) is 0 Å². The Kier molecular flexibility index (Phi) is 3.99. The Labute approximate surface area is 146 Å². The van der Waals surface area contributed by atoms with Crippen molar-refractivity contribution < 1.29 is 0 Å². The number of likely N-dealkylation sites (tertiary alicyclic amines) is 1. The van der Waals surface area contributed by atoms with E-state index in [2.05, 4.69) is 62.3 Å². The minimum Gasteiger partial charge on any atom is -0.296 e. The molecule has 0 aliphatic carbocycles. The van der Waals surface area contributed by atoms with Crippen LogP contribution in [-0.4, -0.2) is 53.2 Å². The van der Waals surface area contributed by atoms with Gasteiger partial charge in [0.25, 0.3) is 0 Å². The molecule has 8 heteroatoms. The van der Waals surface area contributed by atoms with Crippen molar-refractivity contribution in [1.29, 1.82) is 0 Å². The first-order valence-corrected chi connectivity index (χ1v) is 8.82. The van der Waals surface area contributed by atoms with Gasteiger partial charge in [0.05, 0.1) is 23.6 Å². The largest absolute Gasteiger partial charge is 0.296 e. The number of tetrazole rings is 1. The van der Waals surface area contributed by atoms with Crippen molar-refractivity contribution in [3.05, 3.63) is 30.1 Å². The third-order valence-corrected chi connectivity index (χ3v) is 4.81. The molecule has 1 aliphatic heterocycles. The van der Waals surface area contributed by atoms with Crippen LogP contribution in [0.25, 0.3) is 11.0 Å². The van der Waals surface area contributed by atoms with Crippen molar-refractivity contribution in [3.8, 4) is 0 Å². The molecule has 1 fully saturated rings. The summed E-state index contributed by atoms with van der Waals surface area (Å²) in [4.78, 5) is 2.42. The van der Waals surface area contributed by atoms with E-state index in [0.29, 0.717) is 6.04 Å². The van der Waals surface area contributed by atoms with Gasteiger partial charge in [-0.15, -0.1) is 10.2 Å². The van der Waals surface area contributed by atoms with Gasteiger partial charge in [0.15, 0.2) is 5.82 Å². The second kappa shape index (κ2) is 6.18. The van der Waals surface area contributed by atoms with Crippen LogP contribution in [0.15, 0.2) is 24.3 Å². The standard InChI is InChI=1S/C17H24N8/c1-17(2,3)25-16(19-20-22-25)12-23-10-8-13(9-11-23)24-15-7-5-4-6-14(15)18-21-24/h4-7,13H,8-12H2,1-3H3. The van der Waals surface area contributed by atoms with Gasteiger partial charge >= 0.3 is 0 Å². The lowest BCUT2D eigenvalue weighted by atomic mass is 10.0. The number of aromatic nitrogens is 7. The second-order valence-electron chi connectivity index (χ2n) is 7.71. The van der Waals surface area contributed by atoms with Crippen LogP contribution in [0.2, 0.25) is 0 Å². The maximum Gasteiger partial charge on any atom is 0.165 e. The van der Waals surface area contributed by atoms with Gasteiger partial charge in [-0.1, -0.05) is 17.3 Å². The van der Waals surface area contributed by atoms with Crippen molar-refractivity contribution in [3.63, 3.8) is 0 Å². The highest BCUT2D eigenvalue weighted by Crippen LogP contribution is 2.26. The van der Waals surface area contributed by atoms with Gasteiger partial charge in [0.1, 0.15) is 5.52 Å². The van der Waals surface area contributed by atoms with Crippen LogP contribution in [0.5, 0.6) is 0 Å². The molecule has 0 amide bonds. The number of hydrogen-bond acceptors (Lipinski definition) is 6. The molecular weight excluding hydrogens is 316 g/mol. The number of rotatable bonds is 3. The van der Waals surface area contributed by atoms with Crippen molar-refractivity contribution in [2.75, 3.05) is 13.1 Å². The number of fused-ring (bicyclic) bond motifs is 1. The molecule has 0 unspecified atom stereocenters. The molecule has 1 saturated heterocycles. The van der Waals surface area contributed by atoms with E-state index in [-0.39, 0.29) is 5.54 Å². The summed E-state index contributed by atoms with van der Waals surface area (Å²) in [6.45, 7) is 9.17. The normalized spacial score (nSPS) is 17.4. The van der Waals surface area contributed by atoms with Crippen LogP contribution in [0, 0.1) is 0 Å². The van der Waals surface area contributed by atoms with E-state index in [9.17, 15) is 0 Å². The summed E-state index contributed by atoms with van der Waals surface area (Å²) in [5.41, 5.74) is 1.99. The summed E-state index contributed by atoms with van der Waals surface area (Å²) in [6, 6.07) is 8.56. The van der Waals surface area contributed by atoms with Crippen molar-refractivity contribution in [2.45, 2.75) is 51.7 Å². The Bertz CT molecular complexity index is 851. The van der Waals surface area contributed by atoms with Crippen molar-refractivity contribution in [2.24, 2.45) is 0 Å². The fourth-order valence-corrected chi connectivity index (χ4v) is 3.50. The molecule has 3 heterocycles. The van der Waals surface area contributed by atoms with E-state index in [4.69, 9.17) is 0 Å². The number of piperidine rings is 1. The van der Waals surface area contributed by atoms with Crippen molar-refractivity contribution >= 4 is 11.0 Å². The fraction of sp³-hybridized carbons (Fsp3) is 0.588. The molecule has 3 aromatic rings. The minimum absolute atomic E-state index is 0.100. The Morgan fingerprint density at radius 2 is 1.80 bits per heavy atom. The van der Waals surface area contributed by atoms with E-state index in [1.54, 1.807) is 0 Å². The van der Waals surface area contributed by atoms with Gasteiger partial charge in [-0.05, 0) is 56.2 Å². The zero-order chi connectivity index (χ0) is 17.4. The molecule has 0 N–H and O–H groups in total. The van der Waals surface area contributed by atoms with Gasteiger partial charge in [0.2, 0.25) is 0 Å². The lowest BCUT2D eigenvalue weighted by Gasteiger charge is -2.32. The molecule has 25 heavy (non-hydrogen) atoms. The monoisotopic (exact) mass is 340 g/mol. The number of para-hydroxylation sites is 1. The first-order chi connectivity index (χ1) is 12.0. The topological polar surface area (TPSA) is 77.5 Å². The van der Waals surface area contributed by atoms with E-state index < -0.39 is 0 Å². The number of benzene rings is 1. The Hall–Kier alpha value is -2.35. The first kappa shape index (κ1) is 16.1. The maximum absolute atomic E-state index is 4.38. The summed E-state index contributed by atoms with van der Waals surface area (Å²) in [5, 5.41) is 20.9. The Morgan fingerprint density at radius 3 is 2.56 bits per heavy atom. The van der Waals surface area contributed by atoms with Gasteiger partial charge < -0.3 is 0 Å². The highest BCUT2D eigenvalue weighted by atomic mass is 15.6. The van der Waals surface area contributed by atoms with Crippen LogP contribution in [0.3, 0.4) is 0 Å². The van der Waals surface area contributed by atoms with Crippen LogP contribution in [0.4, 0.5) is 0 Å². The Morgan fingerprint density at radius 1 is 1.04 bits per heavy atom. The van der Waals surface area contributed by atoms with Crippen LogP contribution in [-0.2, 0) is 12.1 Å². The summed E-state index contributed by atoms with van der Waals surface area (Å²) >= 11 is 0. The average molecular weight is 340 g/mol. The third kappa shape index (κ3) is 3.13. The summed E-state index contributed by atoms with van der Waals surface area (Å²) < 4.78 is 4.01. The molecule has 0 saturated carbocycles. The molecular formula is C17H24N8. The zero-order valence-corrected chi connectivity index (χ0v) is 15.0. The molecule has 0 radical (unpaired) electrons. The zero-order valence-electron chi connectivity index (χ0n) is 15.0. The van der Waals surface area contributed by atoms with Gasteiger partial charge in [-0.25, -0.2) is 9.36 Å². The molecule has 8 nitrogen and oxygen atoms in total. The molecule has 0 bridgehead atoms. The van der Waals surface area contributed by atoms with E-state index >= 15 is 0 Å². The fourth-order valence-electron chi connectivity index (χ4n) is 3.50. The second-order valence-corrected chi connectivity index (χ2v) is 7.71. The lowest BCUT2D eigenvalue weighted by Crippen LogP contribution is -2.36. The summed E-state index contributed by atoms with van der Waals surface area (Å²) in [6.07, 6.45) is 2.12. The molecule has 1 aliphatic rings. The number of hydrogen-bond donors (Lipinski definition) is 0. The molecule has 0 spiro atoms. The highest BCUT2D eigenvalue weighted by molar-refractivity contribution is 5.73. The van der Waals surface area contributed by atoms with Crippen LogP contribution >= 0.6 is 0 Å². The highest BCUT2D eigenvalue weighted by Gasteiger charge is 2.26. The summed E-state index contributed by atoms with van der Waals surface area (Å²) in [7, 11) is 0. The minimum atomic E-state index is -0.100. The molecule has 4 rings (SSSR count). The van der Waals surface area contributed by atoms with Gasteiger partial charge in [0, 0.05) is 13.1 Å². The van der Waals surface area contributed by atoms with E-state index in [1.807, 2.05) is 22.9 Å². The predicted octanol–water partition coefficient (Wildman–Crippen LogP) is 2.01. The molecule has 2 aromatic heterocycles. The Balaban J connectivity index is 1.43. The predicted molar refractivity (Wildman–Crippen MR) is 93.9 cm³/mol. The van der Waals surface area contributed by atoms with E-state index in [1.165, 1.54) is 0 Å². The molecule has 132 valence electrons.